The van der Waals surface area contributed by atoms with Crippen molar-refractivity contribution < 1.29 is 24.2 Å². The summed E-state index contributed by atoms with van der Waals surface area (Å²) in [5.41, 5.74) is 0. The number of alkyl halides is 1. The Kier molecular flexibility index (Phi) is 10.8. The van der Waals surface area contributed by atoms with Gasteiger partial charge in [0, 0.05) is 55.9 Å². The van der Waals surface area contributed by atoms with Gasteiger partial charge >= 0.3 is 0 Å². The Hall–Kier alpha value is -1.40. The maximum Gasteiger partial charge on any atom is 0.247 e. The van der Waals surface area contributed by atoms with Crippen molar-refractivity contribution in [2.24, 2.45) is 11.8 Å². The molecule has 11 heteroatoms. The first kappa shape index (κ1) is 31.5. The van der Waals surface area contributed by atoms with Crippen LogP contribution in [-0.4, -0.2) is 135 Å². The number of hydrogen-bond acceptors (Lipinski definition) is 7. The third kappa shape index (κ3) is 5.65. The summed E-state index contributed by atoms with van der Waals surface area (Å²) in [6, 6.07) is -1.24. The summed E-state index contributed by atoms with van der Waals surface area (Å²) in [7, 11) is 0. The quantitative estimate of drug-likeness (QED) is 0.229. The second kappa shape index (κ2) is 13.7. The number of carbonyl (C=O) groups excluding carboxylic acids is 3. The summed E-state index contributed by atoms with van der Waals surface area (Å²) in [4.78, 5) is 50.6. The first-order valence-electron chi connectivity index (χ1n) is 14.6. The van der Waals surface area contributed by atoms with Gasteiger partial charge in [0.05, 0.1) is 42.4 Å². The van der Waals surface area contributed by atoms with Crippen molar-refractivity contribution in [2.45, 2.75) is 60.0 Å². The Balaban J connectivity index is 1.70. The topological polar surface area (TPSA) is 93.6 Å². The SMILES string of the molecule is C=CCN(CCN1CCOCC1)C(=O)C1N([C@@H](CC)CO)C(=O)[C@@H]2[C@@H](C(=O)N(CC=C)CCC)[C@@H]3SC12CC3Br. The molecule has 3 amide bonds. The molecule has 0 aromatic rings. The van der Waals surface area contributed by atoms with Crippen LogP contribution < -0.4 is 0 Å². The Labute approximate surface area is 251 Å². The average molecular weight is 642 g/mol. The minimum Gasteiger partial charge on any atom is -0.394 e. The Morgan fingerprint density at radius 1 is 1.18 bits per heavy atom. The van der Waals surface area contributed by atoms with Crippen molar-refractivity contribution in [1.82, 2.24) is 19.6 Å². The molecule has 0 radical (unpaired) electrons. The Morgan fingerprint density at radius 2 is 1.82 bits per heavy atom. The highest BCUT2D eigenvalue weighted by molar-refractivity contribution is 9.09. The molecule has 4 aliphatic heterocycles. The number of aliphatic hydroxyl groups is 1. The standard InChI is InChI=1S/C29H45BrN4O5S/c1-5-9-32(10-6-2)26(36)22-23-27(37)34(20(8-4)19-35)25(29(23)18-21(30)24(22)40-29)28(38)33(11-7-3)13-12-31-14-16-39-17-15-31/h5,7,20-25,35H,1,3,6,8-19H2,2,4H3/t20-,21?,22+,23-,24+,25?,29?/m0/s1. The summed E-state index contributed by atoms with van der Waals surface area (Å²) in [6.45, 7) is 17.1. The predicted octanol–water partition coefficient (Wildman–Crippen LogP) is 1.99. The maximum absolute atomic E-state index is 14.6. The molecule has 0 aromatic carbocycles. The molecule has 1 spiro atoms. The highest BCUT2D eigenvalue weighted by Crippen LogP contribution is 2.68. The number of halogens is 1. The monoisotopic (exact) mass is 640 g/mol. The fourth-order valence-electron chi connectivity index (χ4n) is 7.07. The van der Waals surface area contributed by atoms with Crippen LogP contribution in [0.15, 0.2) is 25.3 Å². The van der Waals surface area contributed by atoms with E-state index < -0.39 is 28.7 Å². The van der Waals surface area contributed by atoms with Crippen LogP contribution in [-0.2, 0) is 19.1 Å². The number of amides is 3. The molecule has 3 unspecified atom stereocenters. The zero-order valence-electron chi connectivity index (χ0n) is 23.9. The van der Waals surface area contributed by atoms with Gasteiger partial charge in [-0.15, -0.1) is 24.9 Å². The molecule has 40 heavy (non-hydrogen) atoms. The molecule has 9 nitrogen and oxygen atoms in total. The van der Waals surface area contributed by atoms with E-state index in [0.717, 1.165) is 19.5 Å². The number of morpholine rings is 1. The molecule has 4 aliphatic rings. The van der Waals surface area contributed by atoms with Gasteiger partial charge in [-0.1, -0.05) is 41.9 Å². The summed E-state index contributed by atoms with van der Waals surface area (Å²) >= 11 is 5.50. The van der Waals surface area contributed by atoms with E-state index in [-0.39, 0.29) is 34.4 Å². The first-order valence-corrected chi connectivity index (χ1v) is 16.4. The van der Waals surface area contributed by atoms with Gasteiger partial charge < -0.3 is 24.5 Å². The molecular formula is C29H45BrN4O5S. The van der Waals surface area contributed by atoms with Crippen LogP contribution >= 0.6 is 27.7 Å². The van der Waals surface area contributed by atoms with Crippen molar-refractivity contribution in [3.63, 3.8) is 0 Å². The molecule has 0 saturated carbocycles. The van der Waals surface area contributed by atoms with Crippen molar-refractivity contribution in [3.8, 4) is 0 Å². The number of rotatable bonds is 14. The lowest BCUT2D eigenvalue weighted by molar-refractivity contribution is -0.147. The lowest BCUT2D eigenvalue weighted by Gasteiger charge is -2.40. The molecule has 4 fully saturated rings. The van der Waals surface area contributed by atoms with E-state index in [4.69, 9.17) is 4.74 Å². The third-order valence-electron chi connectivity index (χ3n) is 8.93. The van der Waals surface area contributed by atoms with Gasteiger partial charge in [-0.25, -0.2) is 0 Å². The molecule has 2 bridgehead atoms. The van der Waals surface area contributed by atoms with Gasteiger partial charge in [0.2, 0.25) is 17.7 Å². The summed E-state index contributed by atoms with van der Waals surface area (Å²) in [5, 5.41) is 10.3. The lowest BCUT2D eigenvalue weighted by Crippen LogP contribution is -2.58. The van der Waals surface area contributed by atoms with Crippen molar-refractivity contribution in [1.29, 1.82) is 0 Å². The molecular weight excluding hydrogens is 596 g/mol. The maximum atomic E-state index is 14.6. The summed E-state index contributed by atoms with van der Waals surface area (Å²) in [5.74, 6) is -1.46. The minimum absolute atomic E-state index is 0.00775. The van der Waals surface area contributed by atoms with E-state index in [0.29, 0.717) is 58.8 Å². The minimum atomic E-state index is -0.751. The normalized spacial score (nSPS) is 32.1. The van der Waals surface area contributed by atoms with E-state index in [1.807, 2.05) is 18.7 Å². The Bertz CT molecular complexity index is 961. The molecule has 1 N–H and O–H groups in total. The number of aliphatic hydroxyl groups excluding tert-OH is 1. The van der Waals surface area contributed by atoms with E-state index in [2.05, 4.69) is 34.0 Å². The number of nitrogens with zero attached hydrogens (tertiary/aromatic N) is 4. The molecule has 7 atom stereocenters. The van der Waals surface area contributed by atoms with Crippen LogP contribution in [0, 0.1) is 11.8 Å². The second-order valence-corrected chi connectivity index (χ2v) is 14.0. The van der Waals surface area contributed by atoms with Crippen molar-refractivity contribution in [3.05, 3.63) is 25.3 Å². The van der Waals surface area contributed by atoms with Crippen molar-refractivity contribution >= 4 is 45.4 Å². The first-order chi connectivity index (χ1) is 19.3. The number of fused-ring (bicyclic) bond motifs is 1. The van der Waals surface area contributed by atoms with E-state index in [1.54, 1.807) is 33.7 Å². The second-order valence-electron chi connectivity index (χ2n) is 11.3. The highest BCUT2D eigenvalue weighted by Gasteiger charge is 2.76. The predicted molar refractivity (Wildman–Crippen MR) is 161 cm³/mol. The van der Waals surface area contributed by atoms with Gasteiger partial charge in [-0.3, -0.25) is 19.3 Å². The number of likely N-dealkylation sites (tertiary alicyclic amines) is 1. The smallest absolute Gasteiger partial charge is 0.247 e. The van der Waals surface area contributed by atoms with Crippen LogP contribution in [0.1, 0.15) is 33.1 Å². The van der Waals surface area contributed by atoms with Gasteiger partial charge in [-0.05, 0) is 19.3 Å². The van der Waals surface area contributed by atoms with Crippen LogP contribution in [0.2, 0.25) is 0 Å². The van der Waals surface area contributed by atoms with Gasteiger partial charge in [-0.2, -0.15) is 0 Å². The number of hydrogen-bond donors (Lipinski definition) is 1. The van der Waals surface area contributed by atoms with E-state index in [9.17, 15) is 19.5 Å². The molecule has 224 valence electrons. The molecule has 4 rings (SSSR count). The van der Waals surface area contributed by atoms with Gasteiger partial charge in [0.25, 0.3) is 0 Å². The van der Waals surface area contributed by atoms with Crippen LogP contribution in [0.3, 0.4) is 0 Å². The van der Waals surface area contributed by atoms with Crippen LogP contribution in [0.5, 0.6) is 0 Å². The van der Waals surface area contributed by atoms with Crippen LogP contribution in [0.4, 0.5) is 0 Å². The van der Waals surface area contributed by atoms with Crippen LogP contribution in [0.25, 0.3) is 0 Å². The number of ether oxygens (including phenoxy) is 1. The highest BCUT2D eigenvalue weighted by atomic mass is 79.9. The zero-order valence-corrected chi connectivity index (χ0v) is 26.3. The van der Waals surface area contributed by atoms with Gasteiger partial charge in [0.15, 0.2) is 0 Å². The Morgan fingerprint density at radius 3 is 2.40 bits per heavy atom. The molecule has 0 aliphatic carbocycles. The lowest BCUT2D eigenvalue weighted by atomic mass is 9.70. The molecule has 0 aromatic heterocycles. The summed E-state index contributed by atoms with van der Waals surface area (Å²) < 4.78 is 4.74. The van der Waals surface area contributed by atoms with Gasteiger partial charge in [0.1, 0.15) is 6.04 Å². The van der Waals surface area contributed by atoms with E-state index in [1.165, 1.54) is 0 Å². The largest absolute Gasteiger partial charge is 0.394 e. The fourth-order valence-corrected chi connectivity index (χ4v) is 10.7. The number of carbonyl (C=O) groups is 3. The van der Waals surface area contributed by atoms with E-state index >= 15 is 0 Å². The zero-order chi connectivity index (χ0) is 29.0. The average Bonchev–Trinajstić information content (AvgIpc) is 3.55. The van der Waals surface area contributed by atoms with Crippen molar-refractivity contribution in [2.75, 3.05) is 65.6 Å². The third-order valence-corrected chi connectivity index (χ3v) is 12.1. The molecule has 4 saturated heterocycles. The number of thioether (sulfide) groups is 1. The molecule has 4 heterocycles. The summed E-state index contributed by atoms with van der Waals surface area (Å²) in [6.07, 6.45) is 5.41. The fraction of sp³-hybridized carbons (Fsp3) is 0.759.